The molecule has 32 heavy (non-hydrogen) atoms. The van der Waals surface area contributed by atoms with E-state index in [0.717, 1.165) is 43.4 Å². The van der Waals surface area contributed by atoms with E-state index < -0.39 is 29.0 Å². The number of carboxylic acid groups (broad SMARTS) is 1. The summed E-state index contributed by atoms with van der Waals surface area (Å²) < 4.78 is 38.9. The van der Waals surface area contributed by atoms with Gasteiger partial charge in [-0.25, -0.2) is 0 Å². The monoisotopic (exact) mass is 445 g/mol. The number of rotatable bonds is 7. The molecule has 2 aromatic carbocycles. The first-order chi connectivity index (χ1) is 15.2. The maximum absolute atomic E-state index is 13.3. The molecule has 2 aliphatic rings. The predicted octanol–water partition coefficient (Wildman–Crippen LogP) is 6.03. The van der Waals surface area contributed by atoms with Gasteiger partial charge in [0.15, 0.2) is 0 Å². The van der Waals surface area contributed by atoms with E-state index in [2.05, 4.69) is 5.32 Å². The van der Waals surface area contributed by atoms with E-state index in [1.54, 1.807) is 18.2 Å². The van der Waals surface area contributed by atoms with Crippen LogP contribution < -0.4 is 5.32 Å². The summed E-state index contributed by atoms with van der Waals surface area (Å²) in [6.07, 6.45) is 1.02. The van der Waals surface area contributed by atoms with Gasteiger partial charge in [0.05, 0.1) is 16.9 Å². The zero-order valence-corrected chi connectivity index (χ0v) is 17.6. The first-order valence-electron chi connectivity index (χ1n) is 11.0. The third kappa shape index (κ3) is 4.81. The van der Waals surface area contributed by atoms with Gasteiger partial charge in [0.25, 0.3) is 0 Å². The van der Waals surface area contributed by atoms with Crippen molar-refractivity contribution >= 4 is 17.6 Å². The van der Waals surface area contributed by atoms with Crippen LogP contribution in [-0.4, -0.2) is 17.0 Å². The number of hydrogen-bond acceptors (Lipinski definition) is 2. The lowest BCUT2D eigenvalue weighted by Gasteiger charge is -2.24. The van der Waals surface area contributed by atoms with Gasteiger partial charge in [0, 0.05) is 5.69 Å². The van der Waals surface area contributed by atoms with Gasteiger partial charge < -0.3 is 10.4 Å². The van der Waals surface area contributed by atoms with E-state index in [-0.39, 0.29) is 11.8 Å². The van der Waals surface area contributed by atoms with Gasteiger partial charge in [0.1, 0.15) is 0 Å². The van der Waals surface area contributed by atoms with E-state index in [1.807, 2.05) is 6.07 Å². The number of carbonyl (C=O) groups is 2. The highest BCUT2D eigenvalue weighted by Crippen LogP contribution is 2.48. The molecule has 0 aliphatic heterocycles. The van der Waals surface area contributed by atoms with E-state index >= 15 is 0 Å². The minimum atomic E-state index is -4.42. The van der Waals surface area contributed by atoms with Crippen molar-refractivity contribution in [1.82, 2.24) is 0 Å². The number of benzene rings is 2. The van der Waals surface area contributed by atoms with Gasteiger partial charge in [-0.15, -0.1) is 0 Å². The Balaban J connectivity index is 1.53. The summed E-state index contributed by atoms with van der Waals surface area (Å²) >= 11 is 0. The number of nitrogens with one attached hydrogen (secondary N) is 1. The van der Waals surface area contributed by atoms with Crippen molar-refractivity contribution < 1.29 is 27.9 Å². The summed E-state index contributed by atoms with van der Waals surface area (Å²) in [5.74, 6) is -1.49. The Labute approximate surface area is 184 Å². The second-order valence-electron chi connectivity index (χ2n) is 9.09. The van der Waals surface area contributed by atoms with Gasteiger partial charge in [0.2, 0.25) is 5.91 Å². The fourth-order valence-corrected chi connectivity index (χ4v) is 4.79. The fourth-order valence-electron chi connectivity index (χ4n) is 4.79. The molecule has 170 valence electrons. The van der Waals surface area contributed by atoms with Gasteiger partial charge in [-0.05, 0) is 73.4 Å². The predicted molar refractivity (Wildman–Crippen MR) is 114 cm³/mol. The molecule has 1 atom stereocenters. The lowest BCUT2D eigenvalue weighted by Crippen LogP contribution is -2.26. The fraction of sp³-hybridized carbons (Fsp3) is 0.440. The van der Waals surface area contributed by atoms with Crippen molar-refractivity contribution in [3.63, 3.8) is 0 Å². The minimum Gasteiger partial charge on any atom is -0.481 e. The normalized spacial score (nSPS) is 18.8. The quantitative estimate of drug-likeness (QED) is 0.547. The van der Waals surface area contributed by atoms with Crippen LogP contribution >= 0.6 is 0 Å². The molecule has 0 saturated heterocycles. The molecule has 2 saturated carbocycles. The van der Waals surface area contributed by atoms with Crippen LogP contribution in [0.15, 0.2) is 48.5 Å². The van der Waals surface area contributed by atoms with Gasteiger partial charge >= 0.3 is 12.1 Å². The molecule has 1 unspecified atom stereocenters. The molecule has 4 rings (SSSR count). The van der Waals surface area contributed by atoms with Crippen LogP contribution in [0.1, 0.15) is 61.1 Å². The summed E-state index contributed by atoms with van der Waals surface area (Å²) in [7, 11) is 0. The zero-order valence-electron chi connectivity index (χ0n) is 17.6. The van der Waals surface area contributed by atoms with E-state index in [4.69, 9.17) is 0 Å². The summed E-state index contributed by atoms with van der Waals surface area (Å²) in [6.45, 7) is 0. The molecule has 2 N–H and O–H groups in total. The number of halogens is 3. The highest BCUT2D eigenvalue weighted by molar-refractivity contribution is 5.96. The number of aliphatic carboxylic acids is 1. The maximum atomic E-state index is 13.3. The SMILES string of the molecule is O=C(Nc1cccc(CC2(C(=O)O)CC2)c1)C(c1ccc(C(F)(F)F)cc1)C1CCCC1. The first kappa shape index (κ1) is 22.4. The Morgan fingerprint density at radius 1 is 1.06 bits per heavy atom. The highest BCUT2D eigenvalue weighted by atomic mass is 19.4. The Bertz CT molecular complexity index is 990. The van der Waals surface area contributed by atoms with Gasteiger partial charge in [-0.3, -0.25) is 9.59 Å². The molecule has 2 fully saturated rings. The summed E-state index contributed by atoms with van der Waals surface area (Å²) in [5.41, 5.74) is 0.571. The van der Waals surface area contributed by atoms with Gasteiger partial charge in [-0.1, -0.05) is 37.1 Å². The Kier molecular flexibility index (Phi) is 6.01. The molecular weight excluding hydrogens is 419 g/mol. The van der Waals surface area contributed by atoms with Crippen LogP contribution in [0.25, 0.3) is 0 Å². The molecule has 0 spiro atoms. The standard InChI is InChI=1S/C25H26F3NO3/c26-25(27,28)19-10-8-18(9-11-19)21(17-5-1-2-6-17)22(30)29-20-7-3-4-16(14-20)15-24(12-13-24)23(31)32/h3-4,7-11,14,17,21H,1-2,5-6,12-13,15H2,(H,29,30)(H,31,32). The van der Waals surface area contributed by atoms with Crippen molar-refractivity contribution in [3.05, 3.63) is 65.2 Å². The molecule has 0 heterocycles. The molecule has 4 nitrogen and oxygen atoms in total. The number of anilines is 1. The molecule has 2 aliphatic carbocycles. The minimum absolute atomic E-state index is 0.0802. The molecular formula is C25H26F3NO3. The zero-order chi connectivity index (χ0) is 22.9. The van der Waals surface area contributed by atoms with Crippen molar-refractivity contribution in [2.75, 3.05) is 5.32 Å². The average Bonchev–Trinajstić information content (AvgIpc) is 3.33. The van der Waals surface area contributed by atoms with E-state index in [9.17, 15) is 27.9 Å². The number of alkyl halides is 3. The third-order valence-electron chi connectivity index (χ3n) is 6.80. The Morgan fingerprint density at radius 2 is 1.72 bits per heavy atom. The molecule has 0 bridgehead atoms. The van der Waals surface area contributed by atoms with Gasteiger partial charge in [-0.2, -0.15) is 13.2 Å². The van der Waals surface area contributed by atoms with Crippen molar-refractivity contribution in [1.29, 1.82) is 0 Å². The highest BCUT2D eigenvalue weighted by Gasteiger charge is 2.50. The molecule has 0 aromatic heterocycles. The van der Waals surface area contributed by atoms with Crippen molar-refractivity contribution in [2.24, 2.45) is 11.3 Å². The number of carboxylic acids is 1. The smallest absolute Gasteiger partial charge is 0.416 e. The average molecular weight is 445 g/mol. The second kappa shape index (κ2) is 8.60. The first-order valence-corrected chi connectivity index (χ1v) is 11.0. The molecule has 2 aromatic rings. The van der Waals surface area contributed by atoms with Crippen LogP contribution in [0.5, 0.6) is 0 Å². The third-order valence-corrected chi connectivity index (χ3v) is 6.80. The topological polar surface area (TPSA) is 66.4 Å². The Hall–Kier alpha value is -2.83. The van der Waals surface area contributed by atoms with Crippen molar-refractivity contribution in [2.45, 2.75) is 57.0 Å². The van der Waals surface area contributed by atoms with E-state index in [0.29, 0.717) is 30.5 Å². The lowest BCUT2D eigenvalue weighted by atomic mass is 9.83. The summed E-state index contributed by atoms with van der Waals surface area (Å²) in [6, 6.07) is 12.1. The summed E-state index contributed by atoms with van der Waals surface area (Å²) in [5, 5.41) is 12.4. The molecule has 7 heteroatoms. The van der Waals surface area contributed by atoms with Crippen molar-refractivity contribution in [3.8, 4) is 0 Å². The van der Waals surface area contributed by atoms with Crippen LogP contribution in [0, 0.1) is 11.3 Å². The maximum Gasteiger partial charge on any atom is 0.416 e. The number of carbonyl (C=O) groups excluding carboxylic acids is 1. The van der Waals surface area contributed by atoms with Crippen LogP contribution in [-0.2, 0) is 22.2 Å². The second-order valence-corrected chi connectivity index (χ2v) is 9.09. The lowest BCUT2D eigenvalue weighted by molar-refractivity contribution is -0.143. The van der Waals surface area contributed by atoms with Crippen LogP contribution in [0.2, 0.25) is 0 Å². The van der Waals surface area contributed by atoms with Crippen LogP contribution in [0.4, 0.5) is 18.9 Å². The largest absolute Gasteiger partial charge is 0.481 e. The van der Waals surface area contributed by atoms with Crippen LogP contribution in [0.3, 0.4) is 0 Å². The molecule has 1 amide bonds. The van der Waals surface area contributed by atoms with E-state index in [1.165, 1.54) is 12.1 Å². The summed E-state index contributed by atoms with van der Waals surface area (Å²) in [4.78, 5) is 24.8. The molecule has 0 radical (unpaired) electrons. The Morgan fingerprint density at radius 3 is 2.28 bits per heavy atom. The number of hydrogen-bond donors (Lipinski definition) is 2. The number of amides is 1.